The number of carbonyl (C=O) groups is 2. The summed E-state index contributed by atoms with van der Waals surface area (Å²) in [5.74, 6) is -0.629. The molecule has 0 fully saturated rings. The molecule has 2 aromatic rings. The number of nitrogens with zero attached hydrogens (tertiary/aromatic N) is 1. The SMILES string of the molecule is CCCCCCCCCCCCCCCCCCN(C(=O)CC(N)=O)c1ccc(-c2ccc(O)cc2)cc1. The molecular formula is C33H50N2O3. The Labute approximate surface area is 230 Å². The summed E-state index contributed by atoms with van der Waals surface area (Å²) in [6.07, 6.45) is 20.6. The number of rotatable bonds is 21. The van der Waals surface area contributed by atoms with Gasteiger partial charge in [-0.2, -0.15) is 0 Å². The molecule has 0 heterocycles. The Balaban J connectivity index is 1.64. The molecule has 0 saturated carbocycles. The second-order valence-corrected chi connectivity index (χ2v) is 10.6. The van der Waals surface area contributed by atoms with E-state index in [2.05, 4.69) is 6.92 Å². The maximum Gasteiger partial charge on any atom is 0.236 e. The maximum atomic E-state index is 12.7. The highest BCUT2D eigenvalue weighted by molar-refractivity contribution is 6.04. The summed E-state index contributed by atoms with van der Waals surface area (Å²) in [5.41, 5.74) is 8.07. The van der Waals surface area contributed by atoms with E-state index in [-0.39, 0.29) is 18.1 Å². The van der Waals surface area contributed by atoms with Crippen molar-refractivity contribution in [2.24, 2.45) is 5.73 Å². The highest BCUT2D eigenvalue weighted by Crippen LogP contribution is 2.25. The number of hydrogen-bond donors (Lipinski definition) is 2. The lowest BCUT2D eigenvalue weighted by molar-refractivity contribution is -0.126. The van der Waals surface area contributed by atoms with Gasteiger partial charge in [0.2, 0.25) is 11.8 Å². The molecule has 3 N–H and O–H groups in total. The number of anilines is 1. The first kappa shape index (κ1) is 31.4. The van der Waals surface area contributed by atoms with Crippen molar-refractivity contribution in [1.29, 1.82) is 0 Å². The van der Waals surface area contributed by atoms with Crippen molar-refractivity contribution in [3.05, 3.63) is 48.5 Å². The van der Waals surface area contributed by atoms with Gasteiger partial charge in [0, 0.05) is 12.2 Å². The van der Waals surface area contributed by atoms with Crippen molar-refractivity contribution >= 4 is 17.5 Å². The highest BCUT2D eigenvalue weighted by Gasteiger charge is 2.17. The molecule has 0 saturated heterocycles. The number of carbonyl (C=O) groups excluding carboxylic acids is 2. The van der Waals surface area contributed by atoms with Crippen molar-refractivity contribution in [3.63, 3.8) is 0 Å². The van der Waals surface area contributed by atoms with E-state index in [0.717, 1.165) is 29.7 Å². The Morgan fingerprint density at radius 2 is 1.03 bits per heavy atom. The number of aromatic hydroxyl groups is 1. The Bertz CT molecular complexity index is 909. The molecule has 2 rings (SSSR count). The average Bonchev–Trinajstić information content (AvgIpc) is 2.91. The monoisotopic (exact) mass is 522 g/mol. The van der Waals surface area contributed by atoms with Crippen LogP contribution in [0.4, 0.5) is 5.69 Å². The van der Waals surface area contributed by atoms with Gasteiger partial charge in [0.1, 0.15) is 12.2 Å². The minimum absolute atomic E-state index is 0.229. The third kappa shape index (κ3) is 13.1. The summed E-state index contributed by atoms with van der Waals surface area (Å²) in [6, 6.07) is 14.8. The second-order valence-electron chi connectivity index (χ2n) is 10.6. The lowest BCUT2D eigenvalue weighted by Crippen LogP contribution is -2.34. The third-order valence-corrected chi connectivity index (χ3v) is 7.24. The molecule has 2 amide bonds. The van der Waals surface area contributed by atoms with E-state index in [9.17, 15) is 14.7 Å². The van der Waals surface area contributed by atoms with Crippen LogP contribution in [0.2, 0.25) is 0 Å². The van der Waals surface area contributed by atoms with Crippen LogP contribution in [0.15, 0.2) is 48.5 Å². The number of benzene rings is 2. The molecule has 0 aromatic heterocycles. The molecule has 0 aliphatic carbocycles. The third-order valence-electron chi connectivity index (χ3n) is 7.24. The quantitative estimate of drug-likeness (QED) is 0.127. The van der Waals surface area contributed by atoms with Crippen molar-refractivity contribution in [1.82, 2.24) is 0 Å². The van der Waals surface area contributed by atoms with Crippen molar-refractivity contribution < 1.29 is 14.7 Å². The van der Waals surface area contributed by atoms with Crippen LogP contribution in [0, 0.1) is 0 Å². The molecule has 210 valence electrons. The van der Waals surface area contributed by atoms with E-state index in [1.165, 1.54) is 89.9 Å². The first-order chi connectivity index (χ1) is 18.5. The molecule has 0 bridgehead atoms. The van der Waals surface area contributed by atoms with Crippen molar-refractivity contribution in [2.45, 2.75) is 116 Å². The van der Waals surface area contributed by atoms with E-state index < -0.39 is 5.91 Å². The molecule has 0 aliphatic rings. The zero-order valence-electron chi connectivity index (χ0n) is 23.6. The number of amides is 2. The van der Waals surface area contributed by atoms with Gasteiger partial charge in [0.15, 0.2) is 0 Å². The average molecular weight is 523 g/mol. The largest absolute Gasteiger partial charge is 0.508 e. The van der Waals surface area contributed by atoms with Gasteiger partial charge < -0.3 is 15.7 Å². The van der Waals surface area contributed by atoms with Gasteiger partial charge >= 0.3 is 0 Å². The fraction of sp³-hybridized carbons (Fsp3) is 0.576. The Morgan fingerprint density at radius 1 is 0.632 bits per heavy atom. The van der Waals surface area contributed by atoms with Crippen LogP contribution in [0.5, 0.6) is 5.75 Å². The highest BCUT2D eigenvalue weighted by atomic mass is 16.3. The predicted octanol–water partition coefficient (Wildman–Crippen LogP) is 8.53. The predicted molar refractivity (Wildman–Crippen MR) is 159 cm³/mol. The zero-order valence-corrected chi connectivity index (χ0v) is 23.6. The smallest absolute Gasteiger partial charge is 0.236 e. The standard InChI is InChI=1S/C33H50N2O3/c1-2-3-4-5-6-7-8-9-10-11-12-13-14-15-16-17-26-35(33(38)27-32(34)37)30-22-18-28(19-23-30)29-20-24-31(36)25-21-29/h18-25,36H,2-17,26-27H2,1H3,(H2,34,37). The van der Waals surface area contributed by atoms with Crippen LogP contribution >= 0.6 is 0 Å². The van der Waals surface area contributed by atoms with E-state index in [1.807, 2.05) is 36.4 Å². The zero-order chi connectivity index (χ0) is 27.4. The molecule has 38 heavy (non-hydrogen) atoms. The van der Waals surface area contributed by atoms with Crippen LogP contribution < -0.4 is 10.6 Å². The Morgan fingerprint density at radius 3 is 1.45 bits per heavy atom. The molecule has 5 nitrogen and oxygen atoms in total. The minimum atomic E-state index is -0.604. The Hall–Kier alpha value is -2.82. The summed E-state index contributed by atoms with van der Waals surface area (Å²) >= 11 is 0. The fourth-order valence-corrected chi connectivity index (χ4v) is 4.95. The summed E-state index contributed by atoms with van der Waals surface area (Å²) in [5, 5.41) is 9.51. The lowest BCUT2D eigenvalue weighted by Gasteiger charge is -2.23. The summed E-state index contributed by atoms with van der Waals surface area (Å²) in [4.78, 5) is 25.8. The normalized spacial score (nSPS) is 11.0. The van der Waals surface area contributed by atoms with Crippen LogP contribution in [0.25, 0.3) is 11.1 Å². The number of hydrogen-bond acceptors (Lipinski definition) is 3. The number of unbranched alkanes of at least 4 members (excludes halogenated alkanes) is 15. The van der Waals surface area contributed by atoms with E-state index in [1.54, 1.807) is 17.0 Å². The maximum absolute atomic E-state index is 12.7. The van der Waals surface area contributed by atoms with Gasteiger partial charge in [-0.3, -0.25) is 9.59 Å². The molecule has 5 heteroatoms. The fourth-order valence-electron chi connectivity index (χ4n) is 4.95. The lowest BCUT2D eigenvalue weighted by atomic mass is 10.0. The van der Waals surface area contributed by atoms with Crippen LogP contribution in [0.1, 0.15) is 116 Å². The first-order valence-corrected chi connectivity index (χ1v) is 15.0. The number of phenolic OH excluding ortho intramolecular Hbond substituents is 1. The van der Waals surface area contributed by atoms with E-state index in [4.69, 9.17) is 5.73 Å². The molecule has 0 aliphatic heterocycles. The van der Waals surface area contributed by atoms with Crippen LogP contribution in [-0.4, -0.2) is 23.5 Å². The topological polar surface area (TPSA) is 83.6 Å². The van der Waals surface area contributed by atoms with Gasteiger partial charge in [-0.15, -0.1) is 0 Å². The van der Waals surface area contributed by atoms with Gasteiger partial charge in [-0.1, -0.05) is 128 Å². The summed E-state index contributed by atoms with van der Waals surface area (Å²) in [6.45, 7) is 2.86. The molecule has 0 atom stereocenters. The molecular weight excluding hydrogens is 472 g/mol. The molecule has 0 spiro atoms. The summed E-state index contributed by atoms with van der Waals surface area (Å²) < 4.78 is 0. The van der Waals surface area contributed by atoms with Gasteiger partial charge in [-0.25, -0.2) is 0 Å². The van der Waals surface area contributed by atoms with Crippen LogP contribution in [0.3, 0.4) is 0 Å². The first-order valence-electron chi connectivity index (χ1n) is 15.0. The van der Waals surface area contributed by atoms with Crippen molar-refractivity contribution in [3.8, 4) is 16.9 Å². The van der Waals surface area contributed by atoms with E-state index in [0.29, 0.717) is 6.54 Å². The second kappa shape index (κ2) is 19.3. The van der Waals surface area contributed by atoms with Crippen LogP contribution in [-0.2, 0) is 9.59 Å². The van der Waals surface area contributed by atoms with Gasteiger partial charge in [0.05, 0.1) is 0 Å². The number of phenols is 1. The van der Waals surface area contributed by atoms with Gasteiger partial charge in [0.25, 0.3) is 0 Å². The van der Waals surface area contributed by atoms with Gasteiger partial charge in [-0.05, 0) is 41.8 Å². The molecule has 2 aromatic carbocycles. The number of primary amides is 1. The summed E-state index contributed by atoms with van der Waals surface area (Å²) in [7, 11) is 0. The van der Waals surface area contributed by atoms with E-state index >= 15 is 0 Å². The molecule has 0 radical (unpaired) electrons. The minimum Gasteiger partial charge on any atom is -0.508 e. The van der Waals surface area contributed by atoms with Crippen molar-refractivity contribution in [2.75, 3.05) is 11.4 Å². The number of nitrogens with two attached hydrogens (primary N) is 1. The Kier molecular flexibility index (Phi) is 15.9. The molecule has 0 unspecified atom stereocenters.